The van der Waals surface area contributed by atoms with Gasteiger partial charge in [0.25, 0.3) is 0 Å². The fraction of sp³-hybridized carbons (Fsp3) is 0.348. The Morgan fingerprint density at radius 3 is 2.67 bits per heavy atom. The van der Waals surface area contributed by atoms with E-state index in [0.717, 1.165) is 38.7 Å². The van der Waals surface area contributed by atoms with Crippen LogP contribution in [0.1, 0.15) is 24.5 Å². The van der Waals surface area contributed by atoms with Crippen molar-refractivity contribution in [1.29, 1.82) is 0 Å². The van der Waals surface area contributed by atoms with Crippen LogP contribution in [-0.2, 0) is 17.8 Å². The van der Waals surface area contributed by atoms with Gasteiger partial charge in [0.1, 0.15) is 12.7 Å². The number of hydrogen-bond acceptors (Lipinski definition) is 4. The minimum absolute atomic E-state index is 0.696. The Balaban J connectivity index is 1.60. The molecule has 0 spiro atoms. The molecule has 2 aromatic carbocycles. The molecule has 3 rings (SSSR count). The molecule has 0 fully saturated rings. The summed E-state index contributed by atoms with van der Waals surface area (Å²) in [5, 5.41) is 10.9. The van der Waals surface area contributed by atoms with Crippen molar-refractivity contribution in [2.24, 2.45) is 4.99 Å². The van der Waals surface area contributed by atoms with Crippen molar-refractivity contribution in [3.8, 4) is 11.1 Å². The highest BCUT2D eigenvalue weighted by molar-refractivity contribution is 5.80. The SMILES string of the molecule is CCOCCCNC(=NC)NCc1ccccc1-c1ccc(Cn2cncn2)cc1. The Bertz CT molecular complexity index is 906. The molecule has 0 radical (unpaired) electrons. The third-order valence-electron chi connectivity index (χ3n) is 4.73. The molecule has 0 amide bonds. The highest BCUT2D eigenvalue weighted by atomic mass is 16.5. The van der Waals surface area contributed by atoms with Gasteiger partial charge in [-0.2, -0.15) is 5.10 Å². The number of hydrogen-bond donors (Lipinski definition) is 2. The zero-order valence-corrected chi connectivity index (χ0v) is 17.7. The summed E-state index contributed by atoms with van der Waals surface area (Å²) in [6.45, 7) is 5.77. The van der Waals surface area contributed by atoms with Gasteiger partial charge in [-0.05, 0) is 35.6 Å². The van der Waals surface area contributed by atoms with Crippen molar-refractivity contribution in [1.82, 2.24) is 25.4 Å². The average Bonchev–Trinajstić information content (AvgIpc) is 3.29. The molecule has 3 aromatic rings. The summed E-state index contributed by atoms with van der Waals surface area (Å²) in [5.74, 6) is 0.796. The van der Waals surface area contributed by atoms with Crippen molar-refractivity contribution >= 4 is 5.96 Å². The molecule has 0 saturated carbocycles. The van der Waals surface area contributed by atoms with Crippen molar-refractivity contribution in [2.45, 2.75) is 26.4 Å². The Labute approximate surface area is 178 Å². The Morgan fingerprint density at radius 1 is 1.10 bits per heavy atom. The molecule has 0 atom stereocenters. The zero-order valence-electron chi connectivity index (χ0n) is 17.7. The van der Waals surface area contributed by atoms with Gasteiger partial charge in [0.2, 0.25) is 0 Å². The maximum atomic E-state index is 5.37. The van der Waals surface area contributed by atoms with Gasteiger partial charge in [-0.1, -0.05) is 48.5 Å². The van der Waals surface area contributed by atoms with E-state index < -0.39 is 0 Å². The fourth-order valence-corrected chi connectivity index (χ4v) is 3.17. The van der Waals surface area contributed by atoms with Crippen LogP contribution in [0.5, 0.6) is 0 Å². The number of rotatable bonds is 10. The first kappa shape index (κ1) is 21.5. The van der Waals surface area contributed by atoms with E-state index >= 15 is 0 Å². The van der Waals surface area contributed by atoms with Crippen LogP contribution in [0.3, 0.4) is 0 Å². The highest BCUT2D eigenvalue weighted by Crippen LogP contribution is 2.24. The van der Waals surface area contributed by atoms with E-state index in [1.807, 2.05) is 11.6 Å². The van der Waals surface area contributed by atoms with Crippen molar-refractivity contribution < 1.29 is 4.74 Å². The second kappa shape index (κ2) is 11.7. The lowest BCUT2D eigenvalue weighted by Gasteiger charge is -2.15. The van der Waals surface area contributed by atoms with Gasteiger partial charge < -0.3 is 15.4 Å². The molecule has 0 saturated heterocycles. The van der Waals surface area contributed by atoms with E-state index in [1.165, 1.54) is 22.3 Å². The molecule has 30 heavy (non-hydrogen) atoms. The first-order valence-electron chi connectivity index (χ1n) is 10.3. The van der Waals surface area contributed by atoms with E-state index in [0.29, 0.717) is 6.54 Å². The van der Waals surface area contributed by atoms with E-state index in [9.17, 15) is 0 Å². The molecule has 2 N–H and O–H groups in total. The predicted molar refractivity (Wildman–Crippen MR) is 120 cm³/mol. The Morgan fingerprint density at radius 2 is 1.93 bits per heavy atom. The van der Waals surface area contributed by atoms with Crippen LogP contribution in [0.4, 0.5) is 0 Å². The van der Waals surface area contributed by atoms with Gasteiger partial charge in [-0.3, -0.25) is 4.99 Å². The second-order valence-corrected chi connectivity index (χ2v) is 6.85. The molecule has 0 aliphatic rings. The molecule has 0 unspecified atom stereocenters. The molecule has 1 aromatic heterocycles. The number of nitrogens with one attached hydrogen (secondary N) is 2. The van der Waals surface area contributed by atoms with Gasteiger partial charge in [0.05, 0.1) is 6.54 Å². The quantitative estimate of drug-likeness (QED) is 0.307. The molecular formula is C23H30N6O. The van der Waals surface area contributed by atoms with E-state index in [-0.39, 0.29) is 0 Å². The predicted octanol–water partition coefficient (Wildman–Crippen LogP) is 3.09. The largest absolute Gasteiger partial charge is 0.382 e. The standard InChI is InChI=1S/C23H30N6O/c1-3-30-14-6-13-26-23(24-2)27-15-21-7-4-5-8-22(21)20-11-9-19(10-12-20)16-29-18-25-17-28-29/h4-5,7-12,17-18H,3,6,13-16H2,1-2H3,(H2,24,26,27). The number of nitrogens with zero attached hydrogens (tertiary/aromatic N) is 4. The monoisotopic (exact) mass is 406 g/mol. The van der Waals surface area contributed by atoms with Gasteiger partial charge in [0, 0.05) is 33.4 Å². The molecule has 158 valence electrons. The van der Waals surface area contributed by atoms with Crippen molar-refractivity contribution in [2.75, 3.05) is 26.8 Å². The fourth-order valence-electron chi connectivity index (χ4n) is 3.17. The third-order valence-corrected chi connectivity index (χ3v) is 4.73. The average molecular weight is 407 g/mol. The molecule has 0 aliphatic carbocycles. The van der Waals surface area contributed by atoms with Crippen LogP contribution >= 0.6 is 0 Å². The van der Waals surface area contributed by atoms with E-state index in [4.69, 9.17) is 4.74 Å². The van der Waals surface area contributed by atoms with Gasteiger partial charge in [0.15, 0.2) is 5.96 Å². The second-order valence-electron chi connectivity index (χ2n) is 6.85. The van der Waals surface area contributed by atoms with Gasteiger partial charge in [-0.15, -0.1) is 0 Å². The lowest BCUT2D eigenvalue weighted by Crippen LogP contribution is -2.37. The molecule has 7 heteroatoms. The third kappa shape index (κ3) is 6.42. The van der Waals surface area contributed by atoms with Gasteiger partial charge in [-0.25, -0.2) is 9.67 Å². The lowest BCUT2D eigenvalue weighted by atomic mass is 9.98. The smallest absolute Gasteiger partial charge is 0.191 e. The maximum absolute atomic E-state index is 5.37. The van der Waals surface area contributed by atoms with Crippen LogP contribution in [0.25, 0.3) is 11.1 Å². The van der Waals surface area contributed by atoms with Gasteiger partial charge >= 0.3 is 0 Å². The summed E-state index contributed by atoms with van der Waals surface area (Å²) in [5.41, 5.74) is 4.81. The van der Waals surface area contributed by atoms with Crippen LogP contribution in [0, 0.1) is 0 Å². The van der Waals surface area contributed by atoms with Crippen LogP contribution in [-0.4, -0.2) is 47.5 Å². The molecule has 0 bridgehead atoms. The zero-order chi connectivity index (χ0) is 21.0. The summed E-state index contributed by atoms with van der Waals surface area (Å²) < 4.78 is 7.19. The summed E-state index contributed by atoms with van der Waals surface area (Å²) >= 11 is 0. The highest BCUT2D eigenvalue weighted by Gasteiger charge is 2.06. The first-order valence-corrected chi connectivity index (χ1v) is 10.3. The maximum Gasteiger partial charge on any atom is 0.191 e. The molecular weight excluding hydrogens is 376 g/mol. The molecule has 1 heterocycles. The van der Waals surface area contributed by atoms with Crippen LogP contribution in [0.2, 0.25) is 0 Å². The van der Waals surface area contributed by atoms with E-state index in [2.05, 4.69) is 74.2 Å². The Kier molecular flexibility index (Phi) is 8.41. The normalized spacial score (nSPS) is 11.5. The van der Waals surface area contributed by atoms with Crippen LogP contribution < -0.4 is 10.6 Å². The number of guanidine groups is 1. The number of benzene rings is 2. The summed E-state index contributed by atoms with van der Waals surface area (Å²) in [7, 11) is 1.79. The van der Waals surface area contributed by atoms with Crippen LogP contribution in [0.15, 0.2) is 66.2 Å². The first-order chi connectivity index (χ1) is 14.8. The molecule has 7 nitrogen and oxygen atoms in total. The number of aliphatic imine (C=N–C) groups is 1. The topological polar surface area (TPSA) is 76.4 Å². The summed E-state index contributed by atoms with van der Waals surface area (Å²) in [4.78, 5) is 8.30. The van der Waals surface area contributed by atoms with E-state index in [1.54, 1.807) is 19.7 Å². The number of aromatic nitrogens is 3. The number of ether oxygens (including phenoxy) is 1. The minimum atomic E-state index is 0.696. The molecule has 0 aliphatic heterocycles. The Hall–Kier alpha value is -3.19. The minimum Gasteiger partial charge on any atom is -0.382 e. The summed E-state index contributed by atoms with van der Waals surface area (Å²) in [6, 6.07) is 17.0. The van der Waals surface area contributed by atoms with Crippen molar-refractivity contribution in [3.63, 3.8) is 0 Å². The lowest BCUT2D eigenvalue weighted by molar-refractivity contribution is 0.145. The van der Waals surface area contributed by atoms with Crippen molar-refractivity contribution in [3.05, 3.63) is 72.3 Å². The summed E-state index contributed by atoms with van der Waals surface area (Å²) in [6.07, 6.45) is 4.23.